The van der Waals surface area contributed by atoms with Crippen LogP contribution in [0.2, 0.25) is 0 Å². The van der Waals surface area contributed by atoms with Gasteiger partial charge in [0.05, 0.1) is 0 Å². The summed E-state index contributed by atoms with van der Waals surface area (Å²) in [7, 11) is 0. The SMILES string of the molecule is C=C(C)[C@@H]1CC[C@]2(CO)CC[C@]3(C)[C@H](CC[C@@H]4[C@@]5(C)Cc6c([nH]c7ccccc67)C(C)(C)[C@@H]5CC[C@]43C)[C@@H]12. The van der Waals surface area contributed by atoms with Crippen LogP contribution in [0.3, 0.4) is 0 Å². The Hall–Kier alpha value is -1.54. The molecule has 9 atom stereocenters. The van der Waals surface area contributed by atoms with Crippen LogP contribution in [0, 0.1) is 51.2 Å². The number of fused-ring (bicyclic) bond motifs is 10. The Kier molecular flexibility index (Phi) is 5.22. The van der Waals surface area contributed by atoms with Crippen molar-refractivity contribution in [3.63, 3.8) is 0 Å². The Morgan fingerprint density at radius 2 is 1.68 bits per heavy atom. The fraction of sp³-hybridized carbons (Fsp3) is 0.722. The zero-order valence-electron chi connectivity index (χ0n) is 24.9. The third kappa shape index (κ3) is 2.84. The number of benzene rings is 1. The number of aromatic nitrogens is 1. The van der Waals surface area contributed by atoms with Crippen LogP contribution in [0.5, 0.6) is 0 Å². The number of nitrogens with one attached hydrogen (secondary N) is 1. The molecule has 0 radical (unpaired) electrons. The molecule has 4 fully saturated rings. The zero-order valence-corrected chi connectivity index (χ0v) is 24.9. The standard InChI is InChI=1S/C36H51NO/c1-22(2)23-14-17-36(21-38)19-18-34(6)26(30(23)36)12-13-29-33(5)20-25-24-10-8-9-11-27(24)37-31(25)32(3,4)28(33)15-16-35(29,34)7/h8-11,23,26,28-30,37-38H,1,12-21H2,2-7H3/t23-,26+,28-,29+,30+,33-,34+,35+,36+/m0/s1. The normalized spacial score (nSPS) is 47.0. The van der Waals surface area contributed by atoms with Gasteiger partial charge < -0.3 is 10.1 Å². The third-order valence-electron chi connectivity index (χ3n) is 14.7. The molecule has 0 aliphatic heterocycles. The molecule has 5 aliphatic carbocycles. The van der Waals surface area contributed by atoms with E-state index in [0.717, 1.165) is 5.92 Å². The van der Waals surface area contributed by atoms with Crippen LogP contribution >= 0.6 is 0 Å². The molecule has 1 aromatic carbocycles. The van der Waals surface area contributed by atoms with Crippen LogP contribution in [-0.2, 0) is 11.8 Å². The molecule has 38 heavy (non-hydrogen) atoms. The first kappa shape index (κ1) is 25.4. The molecule has 2 aromatic rings. The number of aliphatic hydroxyl groups is 1. The lowest BCUT2D eigenvalue weighted by Gasteiger charge is -2.72. The summed E-state index contributed by atoms with van der Waals surface area (Å²) < 4.78 is 0. The second-order valence-electron chi connectivity index (χ2n) is 16.1. The minimum absolute atomic E-state index is 0.143. The van der Waals surface area contributed by atoms with Crippen molar-refractivity contribution in [3.8, 4) is 0 Å². The first-order valence-corrected chi connectivity index (χ1v) is 15.8. The lowest BCUT2D eigenvalue weighted by atomic mass is 9.32. The highest BCUT2D eigenvalue weighted by Crippen LogP contribution is 2.77. The van der Waals surface area contributed by atoms with E-state index in [1.54, 1.807) is 5.56 Å². The monoisotopic (exact) mass is 513 g/mol. The maximum Gasteiger partial charge on any atom is 0.0490 e. The summed E-state index contributed by atoms with van der Waals surface area (Å²) in [6, 6.07) is 9.05. The van der Waals surface area contributed by atoms with Crippen molar-refractivity contribution in [2.75, 3.05) is 6.61 Å². The molecule has 2 heteroatoms. The van der Waals surface area contributed by atoms with Crippen molar-refractivity contribution in [2.45, 2.75) is 105 Å². The Balaban J connectivity index is 1.33. The summed E-state index contributed by atoms with van der Waals surface area (Å²) in [5.41, 5.74) is 7.15. The molecule has 0 spiro atoms. The number of aliphatic hydroxyl groups excluding tert-OH is 1. The molecule has 1 heterocycles. The van der Waals surface area contributed by atoms with Crippen molar-refractivity contribution >= 4 is 10.9 Å². The van der Waals surface area contributed by atoms with Gasteiger partial charge in [0.15, 0.2) is 0 Å². The van der Waals surface area contributed by atoms with Crippen LogP contribution < -0.4 is 0 Å². The van der Waals surface area contributed by atoms with Crippen molar-refractivity contribution in [1.29, 1.82) is 0 Å². The molecule has 0 saturated heterocycles. The van der Waals surface area contributed by atoms with Crippen LogP contribution in [0.15, 0.2) is 36.4 Å². The van der Waals surface area contributed by atoms with Gasteiger partial charge in [0.1, 0.15) is 0 Å². The number of rotatable bonds is 2. The van der Waals surface area contributed by atoms with E-state index in [4.69, 9.17) is 0 Å². The van der Waals surface area contributed by atoms with E-state index >= 15 is 0 Å². The van der Waals surface area contributed by atoms with Crippen LogP contribution in [0.1, 0.15) is 104 Å². The fourth-order valence-corrected chi connectivity index (χ4v) is 12.8. The molecule has 0 unspecified atom stereocenters. The minimum Gasteiger partial charge on any atom is -0.396 e. The highest BCUT2D eigenvalue weighted by molar-refractivity contribution is 5.85. The first-order chi connectivity index (χ1) is 17.9. The number of allylic oxidation sites excluding steroid dienone is 1. The lowest BCUT2D eigenvalue weighted by Crippen LogP contribution is -2.66. The Morgan fingerprint density at radius 3 is 2.42 bits per heavy atom. The van der Waals surface area contributed by atoms with E-state index in [1.807, 2.05) is 0 Å². The first-order valence-electron chi connectivity index (χ1n) is 15.8. The Morgan fingerprint density at radius 1 is 0.921 bits per heavy atom. The minimum atomic E-state index is 0.143. The summed E-state index contributed by atoms with van der Waals surface area (Å²) >= 11 is 0. The smallest absolute Gasteiger partial charge is 0.0490 e. The largest absolute Gasteiger partial charge is 0.396 e. The Labute approximate surface area is 231 Å². The molecule has 7 rings (SSSR count). The van der Waals surface area contributed by atoms with Gasteiger partial charge in [0.2, 0.25) is 0 Å². The second kappa shape index (κ2) is 7.80. The Bertz CT molecular complexity index is 1300. The molecule has 4 saturated carbocycles. The van der Waals surface area contributed by atoms with Crippen molar-refractivity contribution in [3.05, 3.63) is 47.7 Å². The summed E-state index contributed by atoms with van der Waals surface area (Å²) in [5, 5.41) is 12.3. The maximum absolute atomic E-state index is 10.8. The van der Waals surface area contributed by atoms with E-state index in [2.05, 4.69) is 77.4 Å². The van der Waals surface area contributed by atoms with E-state index in [1.165, 1.54) is 80.0 Å². The molecule has 2 N–H and O–H groups in total. The summed E-state index contributed by atoms with van der Waals surface area (Å²) in [6.45, 7) is 20.4. The van der Waals surface area contributed by atoms with E-state index < -0.39 is 0 Å². The molecule has 5 aliphatic rings. The second-order valence-corrected chi connectivity index (χ2v) is 16.1. The van der Waals surface area contributed by atoms with Gasteiger partial charge in [-0.25, -0.2) is 0 Å². The fourth-order valence-electron chi connectivity index (χ4n) is 12.8. The average molecular weight is 514 g/mol. The van der Waals surface area contributed by atoms with E-state index in [0.29, 0.717) is 46.5 Å². The summed E-state index contributed by atoms with van der Waals surface area (Å²) in [5.74, 6) is 3.40. The molecule has 0 amide bonds. The highest BCUT2D eigenvalue weighted by Gasteiger charge is 2.70. The van der Waals surface area contributed by atoms with Gasteiger partial charge in [-0.1, -0.05) is 65.0 Å². The van der Waals surface area contributed by atoms with Gasteiger partial charge in [-0.05, 0) is 128 Å². The lowest BCUT2D eigenvalue weighted by molar-refractivity contribution is -0.228. The molecule has 1 aromatic heterocycles. The maximum atomic E-state index is 10.8. The van der Waals surface area contributed by atoms with Crippen LogP contribution in [-0.4, -0.2) is 16.7 Å². The number of H-pyrrole nitrogens is 1. The number of hydrogen-bond acceptors (Lipinski definition) is 1. The van der Waals surface area contributed by atoms with Gasteiger partial charge >= 0.3 is 0 Å². The van der Waals surface area contributed by atoms with Gasteiger partial charge in [0.25, 0.3) is 0 Å². The summed E-state index contributed by atoms with van der Waals surface area (Å²) in [4.78, 5) is 3.91. The molecular weight excluding hydrogens is 462 g/mol. The number of para-hydroxylation sites is 1. The predicted molar refractivity (Wildman–Crippen MR) is 158 cm³/mol. The van der Waals surface area contributed by atoms with Gasteiger partial charge in [-0.3, -0.25) is 0 Å². The number of aromatic amines is 1. The van der Waals surface area contributed by atoms with E-state index in [-0.39, 0.29) is 10.8 Å². The summed E-state index contributed by atoms with van der Waals surface area (Å²) in [6.07, 6.45) is 11.6. The molecule has 0 bridgehead atoms. The van der Waals surface area contributed by atoms with E-state index in [9.17, 15) is 5.11 Å². The molecular formula is C36H51NO. The highest BCUT2D eigenvalue weighted by atomic mass is 16.3. The van der Waals surface area contributed by atoms with Gasteiger partial charge in [-0.15, -0.1) is 0 Å². The van der Waals surface area contributed by atoms with Crippen molar-refractivity contribution in [1.82, 2.24) is 4.98 Å². The van der Waals surface area contributed by atoms with Gasteiger partial charge in [-0.2, -0.15) is 0 Å². The topological polar surface area (TPSA) is 36.0 Å². The van der Waals surface area contributed by atoms with Crippen LogP contribution in [0.25, 0.3) is 10.9 Å². The quantitative estimate of drug-likeness (QED) is 0.387. The van der Waals surface area contributed by atoms with Crippen molar-refractivity contribution in [2.24, 2.45) is 51.2 Å². The predicted octanol–water partition coefficient (Wildman–Crippen LogP) is 8.83. The van der Waals surface area contributed by atoms with Gasteiger partial charge in [0, 0.05) is 28.6 Å². The molecule has 206 valence electrons. The average Bonchev–Trinajstić information content (AvgIpc) is 3.44. The zero-order chi connectivity index (χ0) is 26.9. The molecule has 2 nitrogen and oxygen atoms in total. The van der Waals surface area contributed by atoms with Crippen LogP contribution in [0.4, 0.5) is 0 Å². The van der Waals surface area contributed by atoms with Crippen molar-refractivity contribution < 1.29 is 5.11 Å². The number of hydrogen-bond donors (Lipinski definition) is 2. The third-order valence-corrected chi connectivity index (χ3v) is 14.7.